The van der Waals surface area contributed by atoms with Gasteiger partial charge in [0.2, 0.25) is 0 Å². The van der Waals surface area contributed by atoms with Crippen molar-refractivity contribution in [3.63, 3.8) is 0 Å². The molecule has 0 saturated heterocycles. The summed E-state index contributed by atoms with van der Waals surface area (Å²) in [5, 5.41) is 2.54. The van der Waals surface area contributed by atoms with Crippen LogP contribution in [0.15, 0.2) is 36.4 Å². The maximum absolute atomic E-state index is 13.8. The summed E-state index contributed by atoms with van der Waals surface area (Å²) in [7, 11) is 3.15. The molecule has 0 bridgehead atoms. The van der Waals surface area contributed by atoms with Crippen molar-refractivity contribution in [1.82, 2.24) is 0 Å². The minimum Gasteiger partial charge on any atom is -0.493 e. The first kappa shape index (κ1) is 20.6. The molecule has 0 radical (unpaired) electrons. The number of aryl methyl sites for hydroxylation is 1. The van der Waals surface area contributed by atoms with Crippen LogP contribution in [0.3, 0.4) is 0 Å². The number of amides is 1. The number of hydrogen-bond donors (Lipinski definition) is 2. The second kappa shape index (κ2) is 9.27. The average Bonchev–Trinajstić information content (AvgIpc) is 2.58. The highest BCUT2D eigenvalue weighted by atomic mass is 19.3. The van der Waals surface area contributed by atoms with Crippen molar-refractivity contribution < 1.29 is 32.3 Å². The number of rotatable bonds is 8. The summed E-state index contributed by atoms with van der Waals surface area (Å²) in [6.45, 7) is -0.637. The summed E-state index contributed by atoms with van der Waals surface area (Å²) >= 11 is 0. The molecule has 27 heavy (non-hydrogen) atoms. The van der Waals surface area contributed by atoms with Gasteiger partial charge in [0, 0.05) is 5.56 Å². The number of quaternary nitrogens is 1. The highest BCUT2D eigenvalue weighted by Crippen LogP contribution is 2.29. The number of nitrogens with one attached hydrogen (secondary N) is 2. The zero-order valence-corrected chi connectivity index (χ0v) is 15.3. The molecule has 0 heterocycles. The lowest BCUT2D eigenvalue weighted by Crippen LogP contribution is -3.08. The van der Waals surface area contributed by atoms with Gasteiger partial charge in [-0.15, -0.1) is 0 Å². The minimum atomic E-state index is -2.94. The van der Waals surface area contributed by atoms with E-state index in [2.05, 4.69) is 10.1 Å². The van der Waals surface area contributed by atoms with E-state index in [4.69, 9.17) is 4.74 Å². The molecule has 2 N–H and O–H groups in total. The fraction of sp³-hybridized carbons (Fsp3) is 0.316. The van der Waals surface area contributed by atoms with E-state index in [-0.39, 0.29) is 29.6 Å². The molecule has 0 spiro atoms. The van der Waals surface area contributed by atoms with E-state index in [0.29, 0.717) is 6.54 Å². The Morgan fingerprint density at radius 3 is 2.56 bits per heavy atom. The lowest BCUT2D eigenvalue weighted by atomic mass is 10.2. The molecule has 2 aromatic carbocycles. The summed E-state index contributed by atoms with van der Waals surface area (Å²) < 4.78 is 48.0. The molecule has 2 rings (SSSR count). The third-order valence-electron chi connectivity index (χ3n) is 3.81. The molecule has 0 saturated carbocycles. The lowest BCUT2D eigenvalue weighted by Gasteiger charge is -2.16. The molecule has 0 aromatic heterocycles. The zero-order valence-electron chi connectivity index (χ0n) is 15.3. The molecule has 0 aliphatic carbocycles. The van der Waals surface area contributed by atoms with Crippen LogP contribution in [0.2, 0.25) is 0 Å². The van der Waals surface area contributed by atoms with E-state index in [1.54, 1.807) is 32.2 Å². The maximum Gasteiger partial charge on any atom is 0.387 e. The van der Waals surface area contributed by atoms with Crippen molar-refractivity contribution in [2.45, 2.75) is 20.1 Å². The first-order valence-corrected chi connectivity index (χ1v) is 8.27. The van der Waals surface area contributed by atoms with Gasteiger partial charge in [-0.3, -0.25) is 4.79 Å². The van der Waals surface area contributed by atoms with E-state index in [9.17, 15) is 18.0 Å². The van der Waals surface area contributed by atoms with Gasteiger partial charge in [-0.05, 0) is 42.8 Å². The summed E-state index contributed by atoms with van der Waals surface area (Å²) in [6.07, 6.45) is 0. The molecule has 0 aliphatic rings. The fourth-order valence-electron chi connectivity index (χ4n) is 2.62. The summed E-state index contributed by atoms with van der Waals surface area (Å²) in [5.41, 5.74) is 1.68. The lowest BCUT2D eigenvalue weighted by molar-refractivity contribution is -0.885. The Balaban J connectivity index is 1.96. The number of ether oxygens (including phenoxy) is 2. The van der Waals surface area contributed by atoms with Crippen LogP contribution in [0.4, 0.5) is 18.9 Å². The molecular weight excluding hydrogens is 361 g/mol. The monoisotopic (exact) mass is 383 g/mol. The Kier molecular flexibility index (Phi) is 7.06. The maximum atomic E-state index is 13.8. The molecule has 2 aromatic rings. The van der Waals surface area contributed by atoms with Crippen LogP contribution in [-0.2, 0) is 11.3 Å². The van der Waals surface area contributed by atoms with Crippen molar-refractivity contribution in [1.29, 1.82) is 0 Å². The second-order valence-electron chi connectivity index (χ2n) is 6.21. The predicted octanol–water partition coefficient (Wildman–Crippen LogP) is 2.40. The fourth-order valence-corrected chi connectivity index (χ4v) is 2.62. The third kappa shape index (κ3) is 6.18. The van der Waals surface area contributed by atoms with Gasteiger partial charge in [-0.1, -0.05) is 6.07 Å². The topological polar surface area (TPSA) is 52.0 Å². The molecular formula is C19H22F3N2O3+. The smallest absolute Gasteiger partial charge is 0.387 e. The summed E-state index contributed by atoms with van der Waals surface area (Å²) in [4.78, 5) is 12.9. The number of hydrogen-bond acceptors (Lipinski definition) is 3. The van der Waals surface area contributed by atoms with Crippen LogP contribution < -0.4 is 19.7 Å². The van der Waals surface area contributed by atoms with Gasteiger partial charge in [0.05, 0.1) is 19.8 Å². The van der Waals surface area contributed by atoms with Gasteiger partial charge in [0.25, 0.3) is 5.91 Å². The highest BCUT2D eigenvalue weighted by molar-refractivity contribution is 5.91. The number of anilines is 1. The number of methoxy groups -OCH3 is 1. The van der Waals surface area contributed by atoms with Crippen LogP contribution in [0, 0.1) is 12.7 Å². The van der Waals surface area contributed by atoms with E-state index >= 15 is 0 Å². The number of halogens is 3. The van der Waals surface area contributed by atoms with Gasteiger partial charge >= 0.3 is 6.61 Å². The minimum absolute atomic E-state index is 0.0542. The number of alkyl halides is 2. The molecule has 146 valence electrons. The molecule has 0 aliphatic heterocycles. The third-order valence-corrected chi connectivity index (χ3v) is 3.81. The van der Waals surface area contributed by atoms with Crippen LogP contribution in [-0.4, -0.2) is 33.2 Å². The van der Waals surface area contributed by atoms with Gasteiger partial charge < -0.3 is 19.7 Å². The Hall–Kier alpha value is -2.74. The van der Waals surface area contributed by atoms with Gasteiger partial charge in [0.1, 0.15) is 12.4 Å². The van der Waals surface area contributed by atoms with Crippen molar-refractivity contribution in [2.24, 2.45) is 0 Å². The molecule has 1 unspecified atom stereocenters. The van der Waals surface area contributed by atoms with Crippen LogP contribution in [0.1, 0.15) is 11.1 Å². The molecule has 5 nitrogen and oxygen atoms in total. The Labute approximate surface area is 155 Å². The van der Waals surface area contributed by atoms with Crippen molar-refractivity contribution in [2.75, 3.05) is 26.0 Å². The number of likely N-dealkylation sites (N-methyl/N-ethyl adjacent to an activating group) is 1. The predicted molar refractivity (Wildman–Crippen MR) is 94.9 cm³/mol. The van der Waals surface area contributed by atoms with Crippen LogP contribution in [0.5, 0.6) is 11.5 Å². The molecule has 0 fully saturated rings. The summed E-state index contributed by atoms with van der Waals surface area (Å²) in [6, 6.07) is 9.19. The van der Waals surface area contributed by atoms with E-state index in [1.165, 1.54) is 25.3 Å². The Bertz CT molecular complexity index is 800. The van der Waals surface area contributed by atoms with E-state index in [1.807, 2.05) is 0 Å². The van der Waals surface area contributed by atoms with E-state index in [0.717, 1.165) is 16.0 Å². The normalized spacial score (nSPS) is 12.0. The summed E-state index contributed by atoms with van der Waals surface area (Å²) in [5.74, 6) is -0.687. The molecule has 1 amide bonds. The standard InChI is InChI=1S/C19H21F3N2O3/c1-12-4-6-15(14(20)8-12)23-18(25)11-24(2)10-13-5-7-16(27-19(21)22)17(9-13)26-3/h4-9,19H,10-11H2,1-3H3,(H,23,25)/p+1. The van der Waals surface area contributed by atoms with Crippen LogP contribution in [0.25, 0.3) is 0 Å². The molecule has 8 heteroatoms. The van der Waals surface area contributed by atoms with Crippen molar-refractivity contribution in [3.8, 4) is 11.5 Å². The van der Waals surface area contributed by atoms with Gasteiger partial charge in [-0.25, -0.2) is 4.39 Å². The first-order chi connectivity index (χ1) is 12.8. The Morgan fingerprint density at radius 1 is 1.19 bits per heavy atom. The number of benzene rings is 2. The largest absolute Gasteiger partial charge is 0.493 e. The Morgan fingerprint density at radius 2 is 1.93 bits per heavy atom. The quantitative estimate of drug-likeness (QED) is 0.736. The van der Waals surface area contributed by atoms with Gasteiger partial charge in [0.15, 0.2) is 18.0 Å². The molecule has 1 atom stereocenters. The SMILES string of the molecule is COc1cc(C[NH+](C)CC(=O)Nc2ccc(C)cc2F)ccc1OC(F)F. The van der Waals surface area contributed by atoms with Crippen molar-refractivity contribution >= 4 is 11.6 Å². The second-order valence-corrected chi connectivity index (χ2v) is 6.21. The number of carbonyl (C=O) groups is 1. The average molecular weight is 383 g/mol. The zero-order chi connectivity index (χ0) is 20.0. The highest BCUT2D eigenvalue weighted by Gasteiger charge is 2.15. The van der Waals surface area contributed by atoms with E-state index < -0.39 is 12.4 Å². The first-order valence-electron chi connectivity index (χ1n) is 8.27. The van der Waals surface area contributed by atoms with Gasteiger partial charge in [-0.2, -0.15) is 8.78 Å². The van der Waals surface area contributed by atoms with Crippen LogP contribution >= 0.6 is 0 Å². The number of carbonyl (C=O) groups excluding carboxylic acids is 1. The van der Waals surface area contributed by atoms with Crippen molar-refractivity contribution in [3.05, 3.63) is 53.3 Å².